The van der Waals surface area contributed by atoms with Crippen molar-refractivity contribution in [1.82, 2.24) is 4.90 Å². The van der Waals surface area contributed by atoms with E-state index in [1.54, 1.807) is 14.2 Å². The van der Waals surface area contributed by atoms with Crippen LogP contribution in [0.4, 0.5) is 0 Å². The fourth-order valence-corrected chi connectivity index (χ4v) is 2.39. The number of methoxy groups -OCH3 is 2. The second-order valence-electron chi connectivity index (χ2n) is 4.65. The normalized spacial score (nSPS) is 14.1. The zero-order chi connectivity index (χ0) is 13.8. The van der Waals surface area contributed by atoms with E-state index in [1.807, 2.05) is 12.1 Å². The molecule has 1 aliphatic heterocycles. The first-order valence-electron chi connectivity index (χ1n) is 6.32. The van der Waals surface area contributed by atoms with Crippen molar-refractivity contribution in [3.05, 3.63) is 23.3 Å². The number of benzene rings is 1. The molecule has 0 saturated carbocycles. The summed E-state index contributed by atoms with van der Waals surface area (Å²) in [5, 5.41) is 8.73. The summed E-state index contributed by atoms with van der Waals surface area (Å²) in [6.07, 6.45) is 1.10. The summed E-state index contributed by atoms with van der Waals surface area (Å²) in [5.41, 5.74) is 2.44. The van der Waals surface area contributed by atoms with Gasteiger partial charge in [0.1, 0.15) is 0 Å². The first-order valence-corrected chi connectivity index (χ1v) is 6.32. The van der Waals surface area contributed by atoms with E-state index < -0.39 is 5.97 Å². The monoisotopic (exact) mass is 301 g/mol. The lowest BCUT2D eigenvalue weighted by molar-refractivity contribution is -0.137. The number of nitrogens with zero attached hydrogens (tertiary/aromatic N) is 1. The number of carboxylic acids is 1. The van der Waals surface area contributed by atoms with Crippen LogP contribution in [-0.4, -0.2) is 43.3 Å². The molecule has 0 aliphatic carbocycles. The molecular formula is C14H20ClNO4. The molecule has 6 heteroatoms. The van der Waals surface area contributed by atoms with E-state index in [0.717, 1.165) is 31.0 Å². The number of halogens is 1. The highest BCUT2D eigenvalue weighted by molar-refractivity contribution is 5.85. The number of hydrogen-bond donors (Lipinski definition) is 1. The van der Waals surface area contributed by atoms with E-state index >= 15 is 0 Å². The summed E-state index contributed by atoms with van der Waals surface area (Å²) in [6, 6.07) is 4.00. The van der Waals surface area contributed by atoms with Crippen molar-refractivity contribution in [3.8, 4) is 11.5 Å². The molecular weight excluding hydrogens is 282 g/mol. The molecule has 5 nitrogen and oxygen atoms in total. The van der Waals surface area contributed by atoms with Gasteiger partial charge in [-0.3, -0.25) is 9.69 Å². The Kier molecular flexibility index (Phi) is 6.10. The lowest BCUT2D eigenvalue weighted by Crippen LogP contribution is -2.32. The topological polar surface area (TPSA) is 59.0 Å². The highest BCUT2D eigenvalue weighted by atomic mass is 35.5. The first kappa shape index (κ1) is 16.6. The predicted molar refractivity (Wildman–Crippen MR) is 78.0 cm³/mol. The van der Waals surface area contributed by atoms with Crippen molar-refractivity contribution in [1.29, 1.82) is 0 Å². The molecule has 0 aromatic heterocycles. The van der Waals surface area contributed by atoms with E-state index in [9.17, 15) is 4.79 Å². The van der Waals surface area contributed by atoms with Gasteiger partial charge in [0.25, 0.3) is 0 Å². The summed E-state index contributed by atoms with van der Waals surface area (Å²) in [6.45, 7) is 2.24. The van der Waals surface area contributed by atoms with Crippen molar-refractivity contribution in [2.45, 2.75) is 19.4 Å². The van der Waals surface area contributed by atoms with Gasteiger partial charge in [0.05, 0.1) is 20.6 Å². The molecule has 0 saturated heterocycles. The average Bonchev–Trinajstić information content (AvgIpc) is 2.43. The minimum atomic E-state index is -0.752. The van der Waals surface area contributed by atoms with Crippen LogP contribution in [0, 0.1) is 0 Å². The minimum absolute atomic E-state index is 0. The number of aliphatic carboxylic acids is 1. The molecule has 0 fully saturated rings. The summed E-state index contributed by atoms with van der Waals surface area (Å²) in [5.74, 6) is 0.722. The molecule has 1 aromatic rings. The third kappa shape index (κ3) is 3.77. The first-order chi connectivity index (χ1) is 9.13. The molecule has 0 amide bonds. The number of fused-ring (bicyclic) bond motifs is 1. The fourth-order valence-electron chi connectivity index (χ4n) is 2.39. The quantitative estimate of drug-likeness (QED) is 0.901. The van der Waals surface area contributed by atoms with Crippen molar-refractivity contribution >= 4 is 18.4 Å². The zero-order valence-corrected chi connectivity index (χ0v) is 12.5. The fraction of sp³-hybridized carbons (Fsp3) is 0.500. The van der Waals surface area contributed by atoms with E-state index in [1.165, 1.54) is 11.1 Å². The molecule has 1 N–H and O–H groups in total. The Morgan fingerprint density at radius 2 is 1.85 bits per heavy atom. The van der Waals surface area contributed by atoms with Crippen molar-refractivity contribution in [3.63, 3.8) is 0 Å². The van der Waals surface area contributed by atoms with Gasteiger partial charge in [-0.15, -0.1) is 12.4 Å². The van der Waals surface area contributed by atoms with Gasteiger partial charge in [0, 0.05) is 19.6 Å². The number of carbonyl (C=O) groups is 1. The van der Waals surface area contributed by atoms with Crippen molar-refractivity contribution < 1.29 is 19.4 Å². The van der Waals surface area contributed by atoms with E-state index in [4.69, 9.17) is 14.6 Å². The summed E-state index contributed by atoms with van der Waals surface area (Å²) >= 11 is 0. The van der Waals surface area contributed by atoms with E-state index in [2.05, 4.69) is 4.90 Å². The van der Waals surface area contributed by atoms with Crippen LogP contribution in [0.5, 0.6) is 11.5 Å². The molecule has 0 radical (unpaired) electrons. The average molecular weight is 302 g/mol. The molecule has 0 bridgehead atoms. The smallest absolute Gasteiger partial charge is 0.304 e. The third-order valence-electron chi connectivity index (χ3n) is 3.44. The largest absolute Gasteiger partial charge is 0.493 e. The standard InChI is InChI=1S/C14H19NO4.ClH/c1-18-12-7-10-3-5-15(6-4-14(16)17)9-11(10)8-13(12)19-2;/h7-8H,3-6,9H2,1-2H3,(H,16,17);1H. The van der Waals surface area contributed by atoms with Crippen LogP contribution in [-0.2, 0) is 17.8 Å². The molecule has 1 heterocycles. The molecule has 0 unspecified atom stereocenters. The second-order valence-corrected chi connectivity index (χ2v) is 4.65. The molecule has 0 atom stereocenters. The Morgan fingerprint density at radius 1 is 1.25 bits per heavy atom. The number of rotatable bonds is 5. The third-order valence-corrected chi connectivity index (χ3v) is 3.44. The maximum absolute atomic E-state index is 10.6. The van der Waals surface area contributed by atoms with Gasteiger partial charge in [-0.2, -0.15) is 0 Å². The number of carboxylic acid groups (broad SMARTS) is 1. The maximum atomic E-state index is 10.6. The SMILES string of the molecule is COc1cc2c(cc1OC)CN(CCC(=O)O)CC2.Cl. The molecule has 0 spiro atoms. The lowest BCUT2D eigenvalue weighted by atomic mass is 9.98. The predicted octanol–water partition coefficient (Wildman–Crippen LogP) is 1.96. The van der Waals surface area contributed by atoms with E-state index in [-0.39, 0.29) is 18.8 Å². The van der Waals surface area contributed by atoms with Crippen LogP contribution >= 0.6 is 12.4 Å². The van der Waals surface area contributed by atoms with E-state index in [0.29, 0.717) is 6.54 Å². The zero-order valence-electron chi connectivity index (χ0n) is 11.7. The number of ether oxygens (including phenoxy) is 2. The van der Waals surface area contributed by atoms with Gasteiger partial charge in [-0.05, 0) is 29.7 Å². The van der Waals surface area contributed by atoms with Gasteiger partial charge in [0.2, 0.25) is 0 Å². The van der Waals surface area contributed by atoms with Crippen LogP contribution in [0.3, 0.4) is 0 Å². The molecule has 1 aliphatic rings. The van der Waals surface area contributed by atoms with Gasteiger partial charge in [-0.1, -0.05) is 0 Å². The van der Waals surface area contributed by atoms with Gasteiger partial charge in [0.15, 0.2) is 11.5 Å². The van der Waals surface area contributed by atoms with Crippen LogP contribution in [0.2, 0.25) is 0 Å². The highest BCUT2D eigenvalue weighted by Crippen LogP contribution is 2.33. The summed E-state index contributed by atoms with van der Waals surface area (Å²) < 4.78 is 10.6. The maximum Gasteiger partial charge on any atom is 0.304 e. The van der Waals surface area contributed by atoms with Crippen LogP contribution in [0.1, 0.15) is 17.5 Å². The van der Waals surface area contributed by atoms with Crippen LogP contribution < -0.4 is 9.47 Å². The Morgan fingerprint density at radius 3 is 2.40 bits per heavy atom. The van der Waals surface area contributed by atoms with Crippen LogP contribution in [0.25, 0.3) is 0 Å². The lowest BCUT2D eigenvalue weighted by Gasteiger charge is -2.29. The summed E-state index contributed by atoms with van der Waals surface area (Å²) in [7, 11) is 3.25. The highest BCUT2D eigenvalue weighted by Gasteiger charge is 2.19. The summed E-state index contributed by atoms with van der Waals surface area (Å²) in [4.78, 5) is 12.8. The van der Waals surface area contributed by atoms with Crippen molar-refractivity contribution in [2.24, 2.45) is 0 Å². The second kappa shape index (κ2) is 7.36. The Labute approximate surface area is 124 Å². The Hall–Kier alpha value is -1.46. The molecule has 2 rings (SSSR count). The number of hydrogen-bond acceptors (Lipinski definition) is 4. The van der Waals surface area contributed by atoms with Gasteiger partial charge >= 0.3 is 5.97 Å². The molecule has 20 heavy (non-hydrogen) atoms. The Balaban J connectivity index is 0.00000200. The molecule has 112 valence electrons. The minimum Gasteiger partial charge on any atom is -0.493 e. The Bertz CT molecular complexity index is 478. The van der Waals surface area contributed by atoms with Gasteiger partial charge < -0.3 is 14.6 Å². The molecule has 1 aromatic carbocycles. The van der Waals surface area contributed by atoms with Gasteiger partial charge in [-0.25, -0.2) is 0 Å². The van der Waals surface area contributed by atoms with Crippen molar-refractivity contribution in [2.75, 3.05) is 27.3 Å². The van der Waals surface area contributed by atoms with Crippen LogP contribution in [0.15, 0.2) is 12.1 Å².